The number of hydrogen-bond donors (Lipinski definition) is 2. The average molecular weight is 296 g/mol. The van der Waals surface area contributed by atoms with Crippen molar-refractivity contribution in [3.63, 3.8) is 0 Å². The number of carboxylic acid groups (broad SMARTS) is 1. The number of oxazole rings is 1. The van der Waals surface area contributed by atoms with Crippen LogP contribution in [0, 0.1) is 5.82 Å². The van der Waals surface area contributed by atoms with Gasteiger partial charge in [0, 0.05) is 17.1 Å². The van der Waals surface area contributed by atoms with E-state index >= 15 is 0 Å². The quantitative estimate of drug-likeness (QED) is 0.848. The summed E-state index contributed by atoms with van der Waals surface area (Å²) < 4.78 is 18.1. The van der Waals surface area contributed by atoms with E-state index in [0.29, 0.717) is 28.7 Å². The van der Waals surface area contributed by atoms with E-state index in [1.54, 1.807) is 12.1 Å². The first-order valence-corrected chi connectivity index (χ1v) is 6.98. The first kappa shape index (κ1) is 14.5. The average Bonchev–Trinajstić information content (AvgIpc) is 2.88. The van der Waals surface area contributed by atoms with Crippen molar-refractivity contribution in [3.05, 3.63) is 42.0 Å². The van der Waals surface area contributed by atoms with Crippen LogP contribution in [-0.2, 0) is 10.5 Å². The normalized spacial score (nSPS) is 12.3. The van der Waals surface area contributed by atoms with E-state index in [1.165, 1.54) is 30.2 Å². The molecule has 0 aliphatic heterocycles. The Bertz CT molecular complexity index is 586. The van der Waals surface area contributed by atoms with Crippen LogP contribution in [-0.4, -0.2) is 27.9 Å². The lowest BCUT2D eigenvalue weighted by Gasteiger charge is -2.03. The van der Waals surface area contributed by atoms with Gasteiger partial charge in [0.15, 0.2) is 0 Å². The second kappa shape index (κ2) is 6.53. The molecule has 0 aliphatic carbocycles. The molecule has 2 rings (SSSR count). The van der Waals surface area contributed by atoms with Crippen LogP contribution in [0.2, 0.25) is 0 Å². The van der Waals surface area contributed by atoms with E-state index in [0.717, 1.165) is 0 Å². The van der Waals surface area contributed by atoms with Crippen molar-refractivity contribution in [2.45, 2.75) is 11.8 Å². The van der Waals surface area contributed by atoms with Gasteiger partial charge in [-0.2, -0.15) is 11.8 Å². The Hall–Kier alpha value is -1.86. The first-order chi connectivity index (χ1) is 9.56. The second-order valence-electron chi connectivity index (χ2n) is 4.11. The summed E-state index contributed by atoms with van der Waals surface area (Å²) in [5.74, 6) is -0.133. The maximum Gasteiger partial charge on any atom is 0.321 e. The van der Waals surface area contributed by atoms with Gasteiger partial charge < -0.3 is 15.3 Å². The number of hydrogen-bond acceptors (Lipinski definition) is 5. The van der Waals surface area contributed by atoms with Crippen LogP contribution in [0.3, 0.4) is 0 Å². The van der Waals surface area contributed by atoms with Crippen molar-refractivity contribution in [3.8, 4) is 11.5 Å². The van der Waals surface area contributed by atoms with Crippen LogP contribution in [0.4, 0.5) is 4.39 Å². The molecule has 1 heterocycles. The molecule has 3 N–H and O–H groups in total. The maximum absolute atomic E-state index is 12.8. The molecule has 7 heteroatoms. The fraction of sp³-hybridized carbons (Fsp3) is 0.231. The van der Waals surface area contributed by atoms with Gasteiger partial charge in [-0.15, -0.1) is 0 Å². The fourth-order valence-electron chi connectivity index (χ4n) is 1.46. The van der Waals surface area contributed by atoms with E-state index in [1.807, 2.05) is 0 Å². The highest BCUT2D eigenvalue weighted by Crippen LogP contribution is 2.21. The molecule has 0 radical (unpaired) electrons. The van der Waals surface area contributed by atoms with Crippen LogP contribution < -0.4 is 5.73 Å². The molecule has 0 fully saturated rings. The zero-order chi connectivity index (χ0) is 14.5. The van der Waals surface area contributed by atoms with Gasteiger partial charge in [0.25, 0.3) is 0 Å². The van der Waals surface area contributed by atoms with Crippen LogP contribution in [0.1, 0.15) is 5.69 Å². The van der Waals surface area contributed by atoms with Gasteiger partial charge in [-0.3, -0.25) is 4.79 Å². The Labute approximate surface area is 119 Å². The summed E-state index contributed by atoms with van der Waals surface area (Å²) in [5, 5.41) is 8.65. The minimum absolute atomic E-state index is 0.300. The van der Waals surface area contributed by atoms with E-state index in [9.17, 15) is 9.18 Å². The fourth-order valence-corrected chi connectivity index (χ4v) is 2.32. The smallest absolute Gasteiger partial charge is 0.321 e. The number of carbonyl (C=O) groups is 1. The molecule has 106 valence electrons. The third kappa shape index (κ3) is 3.82. The van der Waals surface area contributed by atoms with Crippen LogP contribution in [0.15, 0.2) is 34.9 Å². The second-order valence-corrected chi connectivity index (χ2v) is 5.14. The van der Waals surface area contributed by atoms with Crippen molar-refractivity contribution in [1.29, 1.82) is 0 Å². The van der Waals surface area contributed by atoms with Gasteiger partial charge in [-0.05, 0) is 24.3 Å². The topological polar surface area (TPSA) is 89.4 Å². The highest BCUT2D eigenvalue weighted by atomic mass is 32.2. The van der Waals surface area contributed by atoms with Crippen molar-refractivity contribution >= 4 is 17.7 Å². The summed E-state index contributed by atoms with van der Waals surface area (Å²) in [7, 11) is 0. The molecule has 1 aromatic heterocycles. The number of benzene rings is 1. The molecular formula is C13H13FN2O3S. The molecule has 2 aromatic rings. The number of aliphatic carboxylic acids is 1. The summed E-state index contributed by atoms with van der Waals surface area (Å²) in [6.07, 6.45) is 1.50. The molecule has 0 unspecified atom stereocenters. The number of nitrogens with zero attached hydrogens (tertiary/aromatic N) is 1. The Morgan fingerprint density at radius 1 is 1.45 bits per heavy atom. The monoisotopic (exact) mass is 296 g/mol. The minimum Gasteiger partial charge on any atom is -0.480 e. The predicted octanol–water partition coefficient (Wildman–Crippen LogP) is 2.13. The summed E-state index contributed by atoms with van der Waals surface area (Å²) in [4.78, 5) is 14.8. The lowest BCUT2D eigenvalue weighted by Crippen LogP contribution is -2.32. The molecule has 5 nitrogen and oxygen atoms in total. The minimum atomic E-state index is -1.02. The van der Waals surface area contributed by atoms with Crippen molar-refractivity contribution in [2.24, 2.45) is 5.73 Å². The van der Waals surface area contributed by atoms with Crippen molar-refractivity contribution in [1.82, 2.24) is 4.98 Å². The Balaban J connectivity index is 1.92. The number of nitrogens with two attached hydrogens (primary N) is 1. The molecule has 0 saturated heterocycles. The molecular weight excluding hydrogens is 283 g/mol. The number of carboxylic acids is 1. The number of rotatable bonds is 6. The maximum atomic E-state index is 12.8. The van der Waals surface area contributed by atoms with Gasteiger partial charge in [0.05, 0.1) is 5.69 Å². The van der Waals surface area contributed by atoms with Gasteiger partial charge in [-0.25, -0.2) is 9.37 Å². The van der Waals surface area contributed by atoms with E-state index in [-0.39, 0.29) is 5.82 Å². The first-order valence-electron chi connectivity index (χ1n) is 5.82. The Morgan fingerprint density at radius 2 is 2.15 bits per heavy atom. The van der Waals surface area contributed by atoms with Gasteiger partial charge in [-0.1, -0.05) is 0 Å². The van der Waals surface area contributed by atoms with Gasteiger partial charge in [0.1, 0.15) is 18.1 Å². The number of thioether (sulfide) groups is 1. The summed E-state index contributed by atoms with van der Waals surface area (Å²) in [5.41, 5.74) is 6.76. The summed E-state index contributed by atoms with van der Waals surface area (Å²) in [6.45, 7) is 0. The van der Waals surface area contributed by atoms with E-state index in [4.69, 9.17) is 15.3 Å². The highest BCUT2D eigenvalue weighted by molar-refractivity contribution is 7.98. The number of halogens is 1. The lowest BCUT2D eigenvalue weighted by atomic mass is 10.2. The van der Waals surface area contributed by atoms with Crippen LogP contribution in [0.5, 0.6) is 0 Å². The van der Waals surface area contributed by atoms with Gasteiger partial charge in [0.2, 0.25) is 5.89 Å². The third-order valence-electron chi connectivity index (χ3n) is 2.51. The number of aromatic nitrogens is 1. The predicted molar refractivity (Wildman–Crippen MR) is 73.7 cm³/mol. The largest absolute Gasteiger partial charge is 0.480 e. The Morgan fingerprint density at radius 3 is 2.80 bits per heavy atom. The third-order valence-corrected chi connectivity index (χ3v) is 3.60. The van der Waals surface area contributed by atoms with Crippen molar-refractivity contribution < 1.29 is 18.7 Å². The van der Waals surface area contributed by atoms with E-state index < -0.39 is 12.0 Å². The molecule has 0 bridgehead atoms. The molecule has 0 saturated carbocycles. The zero-order valence-electron chi connectivity index (χ0n) is 10.5. The molecule has 0 spiro atoms. The Kier molecular flexibility index (Phi) is 4.75. The van der Waals surface area contributed by atoms with Crippen LogP contribution >= 0.6 is 11.8 Å². The standard InChI is InChI=1S/C13H13FN2O3S/c14-9-3-1-8(2-4-9)12-16-10(5-19-12)6-20-7-11(15)13(17)18/h1-5,11H,6-7,15H2,(H,17,18)/t11-/m0/s1. The van der Waals surface area contributed by atoms with Crippen LogP contribution in [0.25, 0.3) is 11.5 Å². The SMILES string of the molecule is N[C@@H](CSCc1coc(-c2ccc(F)cc2)n1)C(=O)O. The molecule has 0 aliphatic rings. The van der Waals surface area contributed by atoms with Gasteiger partial charge >= 0.3 is 5.97 Å². The summed E-state index contributed by atoms with van der Waals surface area (Å²) >= 11 is 1.37. The van der Waals surface area contributed by atoms with E-state index in [2.05, 4.69) is 4.98 Å². The molecule has 1 aromatic carbocycles. The molecule has 20 heavy (non-hydrogen) atoms. The zero-order valence-corrected chi connectivity index (χ0v) is 11.3. The molecule has 0 amide bonds. The summed E-state index contributed by atoms with van der Waals surface area (Å²) in [6, 6.07) is 4.94. The molecule has 1 atom stereocenters. The van der Waals surface area contributed by atoms with Crippen molar-refractivity contribution in [2.75, 3.05) is 5.75 Å². The highest BCUT2D eigenvalue weighted by Gasteiger charge is 2.12. The lowest BCUT2D eigenvalue weighted by molar-refractivity contribution is -0.137.